The second kappa shape index (κ2) is 3.99. The lowest BCUT2D eigenvalue weighted by molar-refractivity contribution is 0.465. The molecular weight excluding hydrogens is 246 g/mol. The zero-order valence-corrected chi connectivity index (χ0v) is 10.6. The van der Waals surface area contributed by atoms with Gasteiger partial charge in [0.2, 0.25) is 0 Å². The second-order valence-electron chi connectivity index (χ2n) is 4.08. The van der Waals surface area contributed by atoms with E-state index >= 15 is 0 Å². The lowest BCUT2D eigenvalue weighted by atomic mass is 10.1. The average molecular weight is 257 g/mol. The fourth-order valence-corrected chi connectivity index (χ4v) is 2.94. The zero-order chi connectivity index (χ0) is 12.7. The molecule has 90 valence electrons. The highest BCUT2D eigenvalue weighted by Crippen LogP contribution is 2.36. The molecule has 1 aromatic carbocycles. The van der Waals surface area contributed by atoms with E-state index in [1.165, 1.54) is 15.9 Å². The Morgan fingerprint density at radius 1 is 1.17 bits per heavy atom. The lowest BCUT2D eigenvalue weighted by Crippen LogP contribution is -2.17. The molecule has 0 fully saturated rings. The first-order valence-corrected chi connectivity index (χ1v) is 6.42. The standard InChI is InChI=1S/C14H11NO2S/c1-15-10-6-3-2-5-9(10)12(13(16)14(15)17)11-7-4-8-18-11/h2-8,16H,1H3. The Morgan fingerprint density at radius 3 is 2.67 bits per heavy atom. The number of fused-ring (bicyclic) bond motifs is 1. The van der Waals surface area contributed by atoms with E-state index in [2.05, 4.69) is 0 Å². The van der Waals surface area contributed by atoms with Crippen molar-refractivity contribution in [2.45, 2.75) is 0 Å². The number of para-hydroxylation sites is 1. The Hall–Kier alpha value is -2.07. The number of pyridine rings is 1. The summed E-state index contributed by atoms with van der Waals surface area (Å²) in [5.74, 6) is -0.182. The molecule has 2 aromatic heterocycles. The van der Waals surface area contributed by atoms with Crippen LogP contribution in [0.15, 0.2) is 46.6 Å². The maximum Gasteiger partial charge on any atom is 0.293 e. The van der Waals surface area contributed by atoms with E-state index in [1.54, 1.807) is 7.05 Å². The van der Waals surface area contributed by atoms with Gasteiger partial charge in [-0.25, -0.2) is 0 Å². The first-order chi connectivity index (χ1) is 8.70. The quantitative estimate of drug-likeness (QED) is 0.728. The molecule has 3 aromatic rings. The van der Waals surface area contributed by atoms with Gasteiger partial charge in [-0.3, -0.25) is 4.79 Å². The Labute approximate surface area is 108 Å². The Bertz CT molecular complexity index is 772. The third kappa shape index (κ3) is 1.46. The maximum absolute atomic E-state index is 12.0. The minimum absolute atomic E-state index is 0.182. The molecule has 0 atom stereocenters. The van der Waals surface area contributed by atoms with Gasteiger partial charge in [-0.15, -0.1) is 11.3 Å². The van der Waals surface area contributed by atoms with Gasteiger partial charge in [0.25, 0.3) is 5.56 Å². The van der Waals surface area contributed by atoms with Gasteiger partial charge in [0, 0.05) is 22.9 Å². The molecular formula is C14H11NO2S. The molecule has 0 bridgehead atoms. The maximum atomic E-state index is 12.0. The highest BCUT2D eigenvalue weighted by atomic mass is 32.1. The van der Waals surface area contributed by atoms with Gasteiger partial charge in [0.05, 0.1) is 5.52 Å². The lowest BCUT2D eigenvalue weighted by Gasteiger charge is -2.10. The normalized spacial score (nSPS) is 10.9. The van der Waals surface area contributed by atoms with E-state index in [0.717, 1.165) is 15.8 Å². The first kappa shape index (κ1) is 11.0. The van der Waals surface area contributed by atoms with Crippen LogP contribution in [-0.2, 0) is 7.05 Å². The van der Waals surface area contributed by atoms with E-state index in [9.17, 15) is 9.90 Å². The molecule has 0 spiro atoms. The summed E-state index contributed by atoms with van der Waals surface area (Å²) in [5, 5.41) is 12.9. The number of aryl methyl sites for hydroxylation is 1. The van der Waals surface area contributed by atoms with Crippen LogP contribution in [0.4, 0.5) is 0 Å². The molecule has 0 aliphatic heterocycles. The number of aromatic hydroxyl groups is 1. The molecule has 0 saturated heterocycles. The molecule has 18 heavy (non-hydrogen) atoms. The van der Waals surface area contributed by atoms with Crippen LogP contribution in [0.3, 0.4) is 0 Å². The van der Waals surface area contributed by atoms with E-state index in [1.807, 2.05) is 41.8 Å². The summed E-state index contributed by atoms with van der Waals surface area (Å²) in [4.78, 5) is 12.9. The third-order valence-corrected chi connectivity index (χ3v) is 3.93. The minimum Gasteiger partial charge on any atom is -0.503 e. The number of thiophene rings is 1. The van der Waals surface area contributed by atoms with Gasteiger partial charge in [-0.1, -0.05) is 24.3 Å². The summed E-state index contributed by atoms with van der Waals surface area (Å²) < 4.78 is 1.47. The monoisotopic (exact) mass is 257 g/mol. The number of hydrogen-bond acceptors (Lipinski definition) is 3. The summed E-state index contributed by atoms with van der Waals surface area (Å²) in [6.07, 6.45) is 0. The van der Waals surface area contributed by atoms with Crippen molar-refractivity contribution in [2.24, 2.45) is 7.05 Å². The smallest absolute Gasteiger partial charge is 0.293 e. The van der Waals surface area contributed by atoms with Crippen molar-refractivity contribution in [3.63, 3.8) is 0 Å². The van der Waals surface area contributed by atoms with Crippen LogP contribution in [0.25, 0.3) is 21.3 Å². The highest BCUT2D eigenvalue weighted by molar-refractivity contribution is 7.13. The topological polar surface area (TPSA) is 42.2 Å². The van der Waals surface area contributed by atoms with Crippen LogP contribution in [0.1, 0.15) is 0 Å². The molecule has 2 heterocycles. The van der Waals surface area contributed by atoms with Gasteiger partial charge in [-0.2, -0.15) is 0 Å². The fraction of sp³-hybridized carbons (Fsp3) is 0.0714. The molecule has 1 N–H and O–H groups in total. The summed E-state index contributed by atoms with van der Waals surface area (Å²) in [7, 11) is 1.67. The summed E-state index contributed by atoms with van der Waals surface area (Å²) in [5.41, 5.74) is 1.09. The van der Waals surface area contributed by atoms with Gasteiger partial charge < -0.3 is 9.67 Å². The van der Waals surface area contributed by atoms with E-state index < -0.39 is 0 Å². The van der Waals surface area contributed by atoms with Crippen LogP contribution in [0.2, 0.25) is 0 Å². The van der Waals surface area contributed by atoms with Crippen molar-refractivity contribution in [2.75, 3.05) is 0 Å². The van der Waals surface area contributed by atoms with Crippen LogP contribution in [-0.4, -0.2) is 9.67 Å². The minimum atomic E-state index is -0.364. The largest absolute Gasteiger partial charge is 0.503 e. The summed E-state index contributed by atoms with van der Waals surface area (Å²) >= 11 is 1.51. The fourth-order valence-electron chi connectivity index (χ4n) is 2.15. The molecule has 3 rings (SSSR count). The Balaban J connectivity index is 2.55. The van der Waals surface area contributed by atoms with Gasteiger partial charge in [0.15, 0.2) is 5.75 Å². The SMILES string of the molecule is Cn1c(=O)c(O)c(-c2cccs2)c2ccccc21. The molecule has 0 unspecified atom stereocenters. The molecule has 0 radical (unpaired) electrons. The van der Waals surface area contributed by atoms with E-state index in [4.69, 9.17) is 0 Å². The van der Waals surface area contributed by atoms with Crippen LogP contribution in [0.5, 0.6) is 5.75 Å². The number of nitrogens with zero attached hydrogens (tertiary/aromatic N) is 1. The van der Waals surface area contributed by atoms with Crippen LogP contribution in [0, 0.1) is 0 Å². The zero-order valence-electron chi connectivity index (χ0n) is 9.75. The second-order valence-corrected chi connectivity index (χ2v) is 5.03. The molecule has 0 amide bonds. The van der Waals surface area contributed by atoms with Gasteiger partial charge in [0.1, 0.15) is 0 Å². The van der Waals surface area contributed by atoms with Crippen molar-refractivity contribution >= 4 is 22.2 Å². The predicted octanol–water partition coefficient (Wildman–Crippen LogP) is 2.97. The van der Waals surface area contributed by atoms with E-state index in [0.29, 0.717) is 5.56 Å². The molecule has 0 aliphatic carbocycles. The van der Waals surface area contributed by atoms with Crippen molar-refractivity contribution in [1.82, 2.24) is 4.57 Å². The molecule has 4 heteroatoms. The predicted molar refractivity (Wildman–Crippen MR) is 74.2 cm³/mol. The molecule has 3 nitrogen and oxygen atoms in total. The number of benzene rings is 1. The number of aromatic nitrogens is 1. The summed E-state index contributed by atoms with van der Waals surface area (Å²) in [6, 6.07) is 11.4. The highest BCUT2D eigenvalue weighted by Gasteiger charge is 2.15. The average Bonchev–Trinajstić information content (AvgIpc) is 2.90. The molecule has 0 saturated carbocycles. The third-order valence-electron chi connectivity index (χ3n) is 3.05. The van der Waals surface area contributed by atoms with Crippen molar-refractivity contribution in [3.8, 4) is 16.2 Å². The number of rotatable bonds is 1. The van der Waals surface area contributed by atoms with Crippen molar-refractivity contribution in [1.29, 1.82) is 0 Å². The first-order valence-electron chi connectivity index (χ1n) is 5.54. The summed E-state index contributed by atoms with van der Waals surface area (Å²) in [6.45, 7) is 0. The van der Waals surface area contributed by atoms with Gasteiger partial charge in [-0.05, 0) is 17.5 Å². The van der Waals surface area contributed by atoms with Crippen molar-refractivity contribution in [3.05, 3.63) is 52.1 Å². The van der Waals surface area contributed by atoms with Crippen LogP contribution >= 0.6 is 11.3 Å². The number of hydrogen-bond donors (Lipinski definition) is 1. The Morgan fingerprint density at radius 2 is 1.94 bits per heavy atom. The van der Waals surface area contributed by atoms with E-state index in [-0.39, 0.29) is 11.3 Å². The van der Waals surface area contributed by atoms with Crippen molar-refractivity contribution < 1.29 is 5.11 Å². The van der Waals surface area contributed by atoms with Gasteiger partial charge >= 0.3 is 0 Å². The van der Waals surface area contributed by atoms with Crippen LogP contribution < -0.4 is 5.56 Å². The Kier molecular flexibility index (Phi) is 2.45. The molecule has 0 aliphatic rings.